The first kappa shape index (κ1) is 39.3. The van der Waals surface area contributed by atoms with E-state index in [1.807, 2.05) is 18.2 Å². The van der Waals surface area contributed by atoms with Crippen LogP contribution in [0.1, 0.15) is 11.1 Å². The van der Waals surface area contributed by atoms with E-state index >= 15 is 0 Å². The van der Waals surface area contributed by atoms with Crippen LogP contribution in [0.3, 0.4) is 0 Å². The summed E-state index contributed by atoms with van der Waals surface area (Å²) in [7, 11) is 0. The first-order valence-electron chi connectivity index (χ1n) is 14.4. The molecule has 20 heteroatoms. The fourth-order valence-corrected chi connectivity index (χ4v) is 5.07. The van der Waals surface area contributed by atoms with Crippen molar-refractivity contribution in [1.29, 1.82) is 0 Å². The Kier molecular flexibility index (Phi) is 9.35. The topological polar surface area (TPSA) is 35.0 Å². The van der Waals surface area contributed by atoms with Gasteiger partial charge in [-0.2, -0.15) is 74.6 Å². The van der Waals surface area contributed by atoms with Crippen LogP contribution in [0, 0.1) is 0 Å². The van der Waals surface area contributed by atoms with Crippen LogP contribution in [-0.4, -0.2) is 51.7 Å². The zero-order valence-corrected chi connectivity index (χ0v) is 25.6. The molecule has 0 radical (unpaired) electrons. The molecule has 0 atom stereocenters. The van der Waals surface area contributed by atoms with Crippen molar-refractivity contribution in [3.05, 3.63) is 102 Å². The number of aromatic nitrogens is 2. The lowest BCUT2D eigenvalue weighted by Gasteiger charge is -2.42. The second-order valence-corrected chi connectivity index (χ2v) is 11.4. The van der Waals surface area contributed by atoms with Crippen LogP contribution in [0.4, 0.5) is 74.6 Å². The number of fused-ring (bicyclic) bond motifs is 3. The number of rotatable bonds is 11. The molecule has 2 aromatic heterocycles. The minimum absolute atomic E-state index is 0.0811. The van der Waals surface area contributed by atoms with Crippen molar-refractivity contribution in [2.45, 2.75) is 54.2 Å². The van der Waals surface area contributed by atoms with Gasteiger partial charge in [-0.15, -0.1) is 0 Å². The maximum Gasteiger partial charge on any atom is 0.460 e. The SMILES string of the molecule is FC(F)(F)C(F)(F)C(F)(F)C(F)(F)C(F)(F)C(F)(F)C(F)(F)C(F)(F)c1ccc(COc2ccc(-c3cc4cccnc4c4ncccc34)cc2)cc1. The minimum atomic E-state index is -8.68. The Labute approximate surface area is 285 Å². The summed E-state index contributed by atoms with van der Waals surface area (Å²) in [5.41, 5.74) is 0.266. The first-order valence-corrected chi connectivity index (χ1v) is 14.4. The van der Waals surface area contributed by atoms with E-state index in [0.29, 0.717) is 28.7 Å². The molecule has 0 unspecified atom stereocenters. The third-order valence-electron chi connectivity index (χ3n) is 8.07. The van der Waals surface area contributed by atoms with Gasteiger partial charge < -0.3 is 4.74 Å². The largest absolute Gasteiger partial charge is 0.489 e. The van der Waals surface area contributed by atoms with Gasteiger partial charge in [0, 0.05) is 28.7 Å². The first-order chi connectivity index (χ1) is 24.2. The molecule has 284 valence electrons. The third-order valence-corrected chi connectivity index (χ3v) is 8.07. The van der Waals surface area contributed by atoms with E-state index in [2.05, 4.69) is 9.97 Å². The zero-order valence-electron chi connectivity index (χ0n) is 25.6. The molecular weight excluding hydrogens is 763 g/mol. The van der Waals surface area contributed by atoms with E-state index in [1.165, 1.54) is 12.1 Å². The molecule has 0 saturated carbocycles. The van der Waals surface area contributed by atoms with Crippen molar-refractivity contribution < 1.29 is 79.4 Å². The molecule has 5 rings (SSSR count). The van der Waals surface area contributed by atoms with Crippen LogP contribution in [-0.2, 0) is 12.5 Å². The molecule has 0 aliphatic rings. The number of pyridine rings is 2. The normalized spacial score (nSPS) is 14.2. The number of alkyl halides is 17. The third kappa shape index (κ3) is 5.93. The van der Waals surface area contributed by atoms with Gasteiger partial charge in [-0.25, -0.2) is 0 Å². The second kappa shape index (κ2) is 12.6. The summed E-state index contributed by atoms with van der Waals surface area (Å²) in [5.74, 6) is -56.8. The molecule has 2 heterocycles. The summed E-state index contributed by atoms with van der Waals surface area (Å²) < 4.78 is 237. The summed E-state index contributed by atoms with van der Waals surface area (Å²) in [6, 6.07) is 16.0. The number of benzene rings is 3. The highest BCUT2D eigenvalue weighted by Gasteiger charge is 2.95. The fourth-order valence-electron chi connectivity index (χ4n) is 5.07. The summed E-state index contributed by atoms with van der Waals surface area (Å²) in [5, 5.41) is 1.54. The van der Waals surface area contributed by atoms with Crippen LogP contribution in [0.15, 0.2) is 91.3 Å². The minimum Gasteiger partial charge on any atom is -0.489 e. The average molecular weight is 780 g/mol. The van der Waals surface area contributed by atoms with Gasteiger partial charge in [0.05, 0.1) is 11.0 Å². The molecule has 0 bridgehead atoms. The Hall–Kier alpha value is -4.91. The number of ether oxygens (including phenoxy) is 1. The predicted octanol–water partition coefficient (Wildman–Crippen LogP) is 11.5. The smallest absolute Gasteiger partial charge is 0.460 e. The lowest BCUT2D eigenvalue weighted by molar-refractivity contribution is -0.462. The molecule has 0 amide bonds. The predicted molar refractivity (Wildman–Crippen MR) is 153 cm³/mol. The molecule has 0 saturated heterocycles. The Bertz CT molecular complexity index is 2110. The monoisotopic (exact) mass is 780 g/mol. The Balaban J connectivity index is 1.34. The molecule has 0 aliphatic heterocycles. The number of hydrogen-bond acceptors (Lipinski definition) is 3. The Morgan fingerprint density at radius 1 is 0.491 bits per heavy atom. The molecule has 0 N–H and O–H groups in total. The Morgan fingerprint density at radius 2 is 0.981 bits per heavy atom. The van der Waals surface area contributed by atoms with Crippen LogP contribution in [0.25, 0.3) is 32.9 Å². The lowest BCUT2D eigenvalue weighted by Crippen LogP contribution is -2.74. The highest BCUT2D eigenvalue weighted by molar-refractivity contribution is 6.10. The van der Waals surface area contributed by atoms with Crippen LogP contribution < -0.4 is 4.74 Å². The molecule has 0 aliphatic carbocycles. The molecule has 0 spiro atoms. The van der Waals surface area contributed by atoms with Gasteiger partial charge in [-0.3, -0.25) is 9.97 Å². The molecule has 3 aromatic carbocycles. The van der Waals surface area contributed by atoms with Gasteiger partial charge in [0.1, 0.15) is 12.4 Å². The summed E-state index contributed by atoms with van der Waals surface area (Å²) in [6.07, 6.45) is -4.61. The van der Waals surface area contributed by atoms with Gasteiger partial charge in [-0.05, 0) is 47.0 Å². The highest BCUT2D eigenvalue weighted by atomic mass is 19.4. The van der Waals surface area contributed by atoms with Gasteiger partial charge in [0.2, 0.25) is 0 Å². The Morgan fingerprint density at radius 3 is 1.53 bits per heavy atom. The molecular formula is C33H17F17N2O. The zero-order chi connectivity index (χ0) is 39.6. The summed E-state index contributed by atoms with van der Waals surface area (Å²) in [6.45, 7) is -0.529. The maximum absolute atomic E-state index is 14.6. The standard InChI is InChI=1S/C33H17F17N2O/c34-26(35,27(36,37)28(38,39)29(40,41)30(42,43)31(44,45)32(46,47)33(48,49)50)20-9-5-17(6-10-20)16-53-21-11-7-18(8-12-21)23-15-19-3-1-13-51-24(19)25-22(23)4-2-14-52-25/h1-15H,16H2. The second-order valence-electron chi connectivity index (χ2n) is 11.4. The highest BCUT2D eigenvalue weighted by Crippen LogP contribution is 2.65. The van der Waals surface area contributed by atoms with Crippen molar-refractivity contribution in [3.8, 4) is 16.9 Å². The van der Waals surface area contributed by atoms with Crippen LogP contribution in [0.5, 0.6) is 5.75 Å². The number of halogens is 17. The van der Waals surface area contributed by atoms with Crippen molar-refractivity contribution in [1.82, 2.24) is 9.97 Å². The van der Waals surface area contributed by atoms with Crippen molar-refractivity contribution in [3.63, 3.8) is 0 Å². The van der Waals surface area contributed by atoms with Gasteiger partial charge in [0.25, 0.3) is 0 Å². The van der Waals surface area contributed by atoms with Crippen molar-refractivity contribution >= 4 is 21.8 Å². The van der Waals surface area contributed by atoms with Crippen molar-refractivity contribution in [2.24, 2.45) is 0 Å². The van der Waals surface area contributed by atoms with E-state index in [4.69, 9.17) is 4.74 Å². The summed E-state index contributed by atoms with van der Waals surface area (Å²) >= 11 is 0. The van der Waals surface area contributed by atoms with Crippen LogP contribution >= 0.6 is 0 Å². The van der Waals surface area contributed by atoms with Crippen molar-refractivity contribution in [2.75, 3.05) is 0 Å². The maximum atomic E-state index is 14.6. The van der Waals surface area contributed by atoms with E-state index < -0.39 is 59.8 Å². The quantitative estimate of drug-likeness (QED) is 0.0989. The summed E-state index contributed by atoms with van der Waals surface area (Å²) in [4.78, 5) is 8.77. The van der Waals surface area contributed by atoms with E-state index in [9.17, 15) is 74.6 Å². The van der Waals surface area contributed by atoms with Crippen LogP contribution in [0.2, 0.25) is 0 Å². The molecule has 3 nitrogen and oxygen atoms in total. The number of hydrogen-bond donors (Lipinski definition) is 0. The van der Waals surface area contributed by atoms with Gasteiger partial charge in [0.15, 0.2) is 0 Å². The fraction of sp³-hybridized carbons (Fsp3) is 0.273. The average Bonchev–Trinajstić information content (AvgIpc) is 3.09. The number of nitrogens with zero attached hydrogens (tertiary/aromatic N) is 2. The van der Waals surface area contributed by atoms with E-state index in [1.54, 1.807) is 36.7 Å². The molecule has 53 heavy (non-hydrogen) atoms. The van der Waals surface area contributed by atoms with Gasteiger partial charge in [-0.1, -0.05) is 48.5 Å². The van der Waals surface area contributed by atoms with E-state index in [-0.39, 0.29) is 23.4 Å². The molecule has 0 fully saturated rings. The van der Waals surface area contributed by atoms with Gasteiger partial charge >= 0.3 is 47.6 Å². The lowest BCUT2D eigenvalue weighted by atomic mass is 9.87. The van der Waals surface area contributed by atoms with E-state index in [0.717, 1.165) is 16.3 Å². The molecule has 5 aromatic rings.